The molecule has 1 atom stereocenters. The van der Waals surface area contributed by atoms with Crippen molar-refractivity contribution >= 4 is 11.5 Å². The minimum atomic E-state index is -0.624. The highest BCUT2D eigenvalue weighted by Crippen LogP contribution is 2.62. The van der Waals surface area contributed by atoms with E-state index in [9.17, 15) is 0 Å². The van der Waals surface area contributed by atoms with E-state index in [1.54, 1.807) is 6.20 Å². The van der Waals surface area contributed by atoms with Crippen LogP contribution in [0.5, 0.6) is 0 Å². The number of rotatable bonds is 3. The highest BCUT2D eigenvalue weighted by Gasteiger charge is 2.60. The van der Waals surface area contributed by atoms with Crippen molar-refractivity contribution in [3.05, 3.63) is 53.3 Å². The number of nitrogens with zero attached hydrogens (tertiary/aromatic N) is 3. The van der Waals surface area contributed by atoms with Gasteiger partial charge in [-0.25, -0.2) is 4.99 Å². The molecule has 5 heteroatoms. The van der Waals surface area contributed by atoms with Gasteiger partial charge in [0.05, 0.1) is 11.8 Å². The zero-order chi connectivity index (χ0) is 22.3. The highest BCUT2D eigenvalue weighted by atomic mass is 16.5. The van der Waals surface area contributed by atoms with Gasteiger partial charge in [-0.3, -0.25) is 9.98 Å². The average molecular weight is 427 g/mol. The predicted octanol–water partition coefficient (Wildman–Crippen LogP) is 4.63. The number of nitrogens with two attached hydrogens (primary N) is 1. The lowest BCUT2D eigenvalue weighted by Gasteiger charge is -2.44. The molecule has 1 fully saturated rings. The quantitative estimate of drug-likeness (QED) is 0.728. The summed E-state index contributed by atoms with van der Waals surface area (Å²) in [4.78, 5) is 14.8. The van der Waals surface area contributed by atoms with E-state index in [0.29, 0.717) is 11.9 Å². The van der Waals surface area contributed by atoms with Crippen LogP contribution in [0.3, 0.4) is 0 Å². The standard InChI is InChI=1S/C27H30N4O/c1-4-6-18-13-21(17-29-16-18)19-7-8-20-15-26(11-9-22(32-3)10-12-26)27(23(20)14-19)30-24(5-2)25(28)31-27/h7-8,13-14,16-17,22H,5,9-12,15H2,1-3H3,(H2,28,31)/t22?,26?,27-/m1/s1. The molecule has 2 aliphatic carbocycles. The monoisotopic (exact) mass is 426 g/mol. The Balaban J connectivity index is 1.64. The van der Waals surface area contributed by atoms with Crippen molar-refractivity contribution < 1.29 is 4.74 Å². The third-order valence-corrected chi connectivity index (χ3v) is 7.53. The maximum absolute atomic E-state index is 6.42. The largest absolute Gasteiger partial charge is 0.382 e. The van der Waals surface area contributed by atoms with E-state index in [2.05, 4.69) is 48.0 Å². The summed E-state index contributed by atoms with van der Waals surface area (Å²) in [6.45, 7) is 3.95. The lowest BCUT2D eigenvalue weighted by Crippen LogP contribution is -2.43. The predicted molar refractivity (Wildman–Crippen MR) is 129 cm³/mol. The number of amidine groups is 1. The molecule has 0 bridgehead atoms. The molecule has 0 radical (unpaired) electrons. The average Bonchev–Trinajstić information content (AvgIpc) is 3.29. The summed E-state index contributed by atoms with van der Waals surface area (Å²) in [5.41, 5.74) is 12.3. The number of hydrogen-bond donors (Lipinski definition) is 1. The molecule has 0 saturated heterocycles. The third kappa shape index (κ3) is 3.09. The molecule has 2 heterocycles. The van der Waals surface area contributed by atoms with E-state index in [4.69, 9.17) is 20.5 Å². The molecule has 0 amide bonds. The number of aromatic nitrogens is 1. The van der Waals surface area contributed by atoms with Gasteiger partial charge in [-0.15, -0.1) is 5.92 Å². The van der Waals surface area contributed by atoms with Gasteiger partial charge in [0.15, 0.2) is 5.66 Å². The lowest BCUT2D eigenvalue weighted by atomic mass is 9.65. The highest BCUT2D eigenvalue weighted by molar-refractivity contribution is 6.42. The van der Waals surface area contributed by atoms with Crippen molar-refractivity contribution in [2.75, 3.05) is 7.11 Å². The van der Waals surface area contributed by atoms with Crippen molar-refractivity contribution in [1.82, 2.24) is 4.98 Å². The Morgan fingerprint density at radius 2 is 1.94 bits per heavy atom. The maximum Gasteiger partial charge on any atom is 0.184 e. The minimum absolute atomic E-state index is 0.0433. The summed E-state index contributed by atoms with van der Waals surface area (Å²) < 4.78 is 5.68. The molecule has 2 N–H and O–H groups in total. The maximum atomic E-state index is 6.42. The van der Waals surface area contributed by atoms with Crippen molar-refractivity contribution in [2.45, 2.75) is 64.1 Å². The molecule has 2 spiro atoms. The molecule has 164 valence electrons. The number of pyridine rings is 1. The van der Waals surface area contributed by atoms with Crippen molar-refractivity contribution in [3.63, 3.8) is 0 Å². The molecular formula is C27H30N4O. The summed E-state index contributed by atoms with van der Waals surface area (Å²) in [5.74, 6) is 6.67. The first-order valence-corrected chi connectivity index (χ1v) is 11.5. The number of fused-ring (bicyclic) bond motifs is 3. The molecular weight excluding hydrogens is 396 g/mol. The zero-order valence-electron chi connectivity index (χ0n) is 19.1. The van der Waals surface area contributed by atoms with Crippen LogP contribution >= 0.6 is 0 Å². The second kappa shape index (κ2) is 7.86. The van der Waals surface area contributed by atoms with Crippen LogP contribution in [-0.2, 0) is 16.8 Å². The van der Waals surface area contributed by atoms with Crippen LogP contribution < -0.4 is 5.73 Å². The SMILES string of the molecule is CC#Cc1cncc(-c2ccc3c(c2)[C@@]2(N=C(N)C(CC)=N2)C2(CCC(OC)CC2)C3)c1. The molecule has 5 nitrogen and oxygen atoms in total. The fourth-order valence-corrected chi connectivity index (χ4v) is 5.86. The van der Waals surface area contributed by atoms with Gasteiger partial charge in [0, 0.05) is 41.6 Å². The molecule has 1 aromatic carbocycles. The Bertz CT molecular complexity index is 1180. The topological polar surface area (TPSA) is 72.9 Å². The number of ether oxygens (including phenoxy) is 1. The van der Waals surface area contributed by atoms with Crippen LogP contribution in [0.25, 0.3) is 11.1 Å². The van der Waals surface area contributed by atoms with Crippen LogP contribution in [0, 0.1) is 17.3 Å². The van der Waals surface area contributed by atoms with Crippen LogP contribution in [0.4, 0.5) is 0 Å². The number of benzene rings is 1. The van der Waals surface area contributed by atoms with Gasteiger partial charge in [0.25, 0.3) is 0 Å². The van der Waals surface area contributed by atoms with Crippen LogP contribution in [0.1, 0.15) is 62.6 Å². The Hall–Kier alpha value is -2.97. The molecule has 1 aliphatic heterocycles. The van der Waals surface area contributed by atoms with Crippen LogP contribution in [0.2, 0.25) is 0 Å². The van der Waals surface area contributed by atoms with Gasteiger partial charge in [0.1, 0.15) is 5.84 Å². The van der Waals surface area contributed by atoms with E-state index in [-0.39, 0.29) is 5.41 Å². The first-order chi connectivity index (χ1) is 15.5. The fourth-order valence-electron chi connectivity index (χ4n) is 5.86. The van der Waals surface area contributed by atoms with Gasteiger partial charge in [-0.2, -0.15) is 0 Å². The number of aliphatic imine (C=N–C) groups is 2. The Morgan fingerprint density at radius 3 is 2.62 bits per heavy atom. The van der Waals surface area contributed by atoms with E-state index >= 15 is 0 Å². The lowest BCUT2D eigenvalue weighted by molar-refractivity contribution is -0.000389. The molecule has 1 aromatic heterocycles. The van der Waals surface area contributed by atoms with E-state index in [0.717, 1.165) is 60.9 Å². The molecule has 3 aliphatic rings. The molecule has 32 heavy (non-hydrogen) atoms. The number of methoxy groups -OCH3 is 1. The number of hydrogen-bond acceptors (Lipinski definition) is 5. The molecule has 5 rings (SSSR count). The molecule has 1 saturated carbocycles. The summed E-state index contributed by atoms with van der Waals surface area (Å²) in [5, 5.41) is 0. The normalized spacial score (nSPS) is 28.3. The zero-order valence-corrected chi connectivity index (χ0v) is 19.1. The van der Waals surface area contributed by atoms with Crippen molar-refractivity contribution in [3.8, 4) is 23.0 Å². The Labute approximate surface area is 190 Å². The minimum Gasteiger partial charge on any atom is -0.382 e. The first kappa shape index (κ1) is 20.9. The summed E-state index contributed by atoms with van der Waals surface area (Å²) in [6.07, 6.45) is 9.95. The Morgan fingerprint density at radius 1 is 1.12 bits per heavy atom. The fraction of sp³-hybridized carbons (Fsp3) is 0.444. The summed E-state index contributed by atoms with van der Waals surface area (Å²) >= 11 is 0. The Kier molecular flexibility index (Phi) is 5.14. The first-order valence-electron chi connectivity index (χ1n) is 11.5. The van der Waals surface area contributed by atoms with E-state index in [1.165, 1.54) is 11.1 Å². The van der Waals surface area contributed by atoms with Crippen molar-refractivity contribution in [1.29, 1.82) is 0 Å². The smallest absolute Gasteiger partial charge is 0.184 e. The summed E-state index contributed by atoms with van der Waals surface area (Å²) in [6, 6.07) is 8.82. The molecule has 2 aromatic rings. The van der Waals surface area contributed by atoms with Gasteiger partial charge in [0.2, 0.25) is 0 Å². The van der Waals surface area contributed by atoms with Crippen molar-refractivity contribution in [2.24, 2.45) is 21.1 Å². The van der Waals surface area contributed by atoms with Crippen LogP contribution in [-0.4, -0.2) is 29.7 Å². The molecule has 0 unspecified atom stereocenters. The van der Waals surface area contributed by atoms with E-state index < -0.39 is 5.66 Å². The van der Waals surface area contributed by atoms with E-state index in [1.807, 2.05) is 20.2 Å². The second-order valence-corrected chi connectivity index (χ2v) is 9.18. The second-order valence-electron chi connectivity index (χ2n) is 9.18. The van der Waals surface area contributed by atoms with Gasteiger partial charge >= 0.3 is 0 Å². The van der Waals surface area contributed by atoms with Gasteiger partial charge < -0.3 is 10.5 Å². The summed E-state index contributed by atoms with van der Waals surface area (Å²) in [7, 11) is 1.82. The van der Waals surface area contributed by atoms with Crippen LogP contribution in [0.15, 0.2) is 46.6 Å². The third-order valence-electron chi connectivity index (χ3n) is 7.53. The van der Waals surface area contributed by atoms with Gasteiger partial charge in [-0.1, -0.05) is 25.0 Å². The van der Waals surface area contributed by atoms with Gasteiger partial charge in [-0.05, 0) is 68.7 Å².